The van der Waals surface area contributed by atoms with Crippen molar-refractivity contribution in [2.24, 2.45) is 0 Å². The lowest BCUT2D eigenvalue weighted by Gasteiger charge is -2.05. The van der Waals surface area contributed by atoms with Crippen LogP contribution >= 0.6 is 11.8 Å². The number of carbonyl (C=O) groups excluding carboxylic acids is 1. The van der Waals surface area contributed by atoms with E-state index in [0.29, 0.717) is 19.4 Å². The summed E-state index contributed by atoms with van der Waals surface area (Å²) < 4.78 is 10.3. The van der Waals surface area contributed by atoms with Gasteiger partial charge in [-0.2, -0.15) is 0 Å². The van der Waals surface area contributed by atoms with E-state index in [9.17, 15) is 4.79 Å². The number of methoxy groups -OCH3 is 2. The fraction of sp³-hybridized carbons (Fsp3) is 0.273. The maximum absolute atomic E-state index is 12.0. The third kappa shape index (κ3) is 6.29. The summed E-state index contributed by atoms with van der Waals surface area (Å²) in [7, 11) is 3.29. The molecule has 152 valence electrons. The van der Waals surface area contributed by atoms with E-state index in [-0.39, 0.29) is 5.91 Å². The molecular weight excluding hydrogens is 386 g/mol. The maximum Gasteiger partial charge on any atom is 0.220 e. The number of carbonyl (C=O) groups is 1. The highest BCUT2D eigenvalue weighted by molar-refractivity contribution is 7.99. The van der Waals surface area contributed by atoms with Crippen molar-refractivity contribution in [1.82, 2.24) is 15.3 Å². The molecule has 0 aliphatic carbocycles. The third-order valence-electron chi connectivity index (χ3n) is 4.42. The van der Waals surface area contributed by atoms with Gasteiger partial charge < -0.3 is 19.8 Å². The number of aryl methyl sites for hydroxylation is 1. The van der Waals surface area contributed by atoms with E-state index < -0.39 is 0 Å². The third-order valence-corrected chi connectivity index (χ3v) is 5.31. The van der Waals surface area contributed by atoms with Crippen LogP contribution in [0.4, 0.5) is 0 Å². The lowest BCUT2D eigenvalue weighted by Crippen LogP contribution is -2.25. The Morgan fingerprint density at radius 2 is 1.69 bits per heavy atom. The first-order valence-corrected chi connectivity index (χ1v) is 10.4. The summed E-state index contributed by atoms with van der Waals surface area (Å²) in [5.41, 5.74) is 3.13. The van der Waals surface area contributed by atoms with Crippen LogP contribution in [0.15, 0.2) is 59.9 Å². The fourth-order valence-electron chi connectivity index (χ4n) is 2.77. The van der Waals surface area contributed by atoms with Crippen LogP contribution in [0.25, 0.3) is 11.3 Å². The first-order valence-electron chi connectivity index (χ1n) is 9.40. The van der Waals surface area contributed by atoms with Gasteiger partial charge in [-0.25, -0.2) is 4.98 Å². The first kappa shape index (κ1) is 20.8. The highest BCUT2D eigenvalue weighted by atomic mass is 32.2. The van der Waals surface area contributed by atoms with Crippen LogP contribution in [0.2, 0.25) is 0 Å². The predicted molar refractivity (Wildman–Crippen MR) is 116 cm³/mol. The average Bonchev–Trinajstić information content (AvgIpc) is 3.24. The zero-order chi connectivity index (χ0) is 20.5. The van der Waals surface area contributed by atoms with Gasteiger partial charge in [0, 0.05) is 18.7 Å². The number of rotatable bonds is 10. The molecule has 0 atom stereocenters. The average molecular weight is 412 g/mol. The van der Waals surface area contributed by atoms with Crippen molar-refractivity contribution in [2.75, 3.05) is 26.5 Å². The molecule has 1 aromatic heterocycles. The summed E-state index contributed by atoms with van der Waals surface area (Å²) >= 11 is 1.58. The molecule has 7 heteroatoms. The summed E-state index contributed by atoms with van der Waals surface area (Å²) in [6.45, 7) is 0.602. The molecule has 0 unspecified atom stereocenters. The quantitative estimate of drug-likeness (QED) is 0.390. The molecule has 0 aliphatic rings. The number of H-pyrrole nitrogens is 1. The van der Waals surface area contributed by atoms with Crippen LogP contribution in [-0.4, -0.2) is 42.4 Å². The van der Waals surface area contributed by atoms with Crippen molar-refractivity contribution in [1.29, 1.82) is 0 Å². The Bertz CT molecular complexity index is 908. The van der Waals surface area contributed by atoms with E-state index in [1.165, 1.54) is 0 Å². The van der Waals surface area contributed by atoms with Gasteiger partial charge in [-0.15, -0.1) is 0 Å². The molecule has 2 aromatic carbocycles. The van der Waals surface area contributed by atoms with Crippen LogP contribution in [-0.2, 0) is 11.2 Å². The molecular formula is C22H25N3O3S. The number of thioether (sulfide) groups is 1. The van der Waals surface area contributed by atoms with Gasteiger partial charge in [0.2, 0.25) is 5.91 Å². The molecule has 0 spiro atoms. The second-order valence-corrected chi connectivity index (χ2v) is 7.46. The van der Waals surface area contributed by atoms with Crippen molar-refractivity contribution in [3.8, 4) is 22.8 Å². The Kier molecular flexibility index (Phi) is 7.58. The van der Waals surface area contributed by atoms with E-state index in [2.05, 4.69) is 15.3 Å². The zero-order valence-corrected chi connectivity index (χ0v) is 17.4. The second kappa shape index (κ2) is 10.6. The number of aromatic nitrogens is 2. The van der Waals surface area contributed by atoms with Crippen molar-refractivity contribution >= 4 is 17.7 Å². The molecule has 0 saturated heterocycles. The second-order valence-electron chi connectivity index (χ2n) is 6.38. The fourth-order valence-corrected chi connectivity index (χ4v) is 3.48. The van der Waals surface area contributed by atoms with Gasteiger partial charge in [-0.1, -0.05) is 23.9 Å². The van der Waals surface area contributed by atoms with Gasteiger partial charge >= 0.3 is 0 Å². The summed E-state index contributed by atoms with van der Waals surface area (Å²) in [5, 5.41) is 3.79. The van der Waals surface area contributed by atoms with Gasteiger partial charge in [0.05, 0.1) is 26.1 Å². The molecule has 0 fully saturated rings. The monoisotopic (exact) mass is 411 g/mol. The molecule has 3 rings (SSSR count). The Balaban J connectivity index is 1.36. The molecule has 6 nitrogen and oxygen atoms in total. The van der Waals surface area contributed by atoms with Crippen LogP contribution in [0.1, 0.15) is 12.0 Å². The SMILES string of the molecule is COc1ccc(CCC(=O)NCCSc2ncc(-c3ccc(OC)cc3)[nH]2)cc1. The van der Waals surface area contributed by atoms with E-state index in [4.69, 9.17) is 9.47 Å². The number of hydrogen-bond acceptors (Lipinski definition) is 5. The molecule has 0 aliphatic heterocycles. The molecule has 1 amide bonds. The number of aromatic amines is 1. The van der Waals surface area contributed by atoms with Gasteiger partial charge in [-0.3, -0.25) is 4.79 Å². The Morgan fingerprint density at radius 1 is 1.03 bits per heavy atom. The number of hydrogen-bond donors (Lipinski definition) is 2. The molecule has 0 radical (unpaired) electrons. The molecule has 29 heavy (non-hydrogen) atoms. The summed E-state index contributed by atoms with van der Waals surface area (Å²) in [4.78, 5) is 19.7. The van der Waals surface area contributed by atoms with Crippen LogP contribution in [0, 0.1) is 0 Å². The number of ether oxygens (including phenoxy) is 2. The summed E-state index contributed by atoms with van der Waals surface area (Å²) in [5.74, 6) is 2.46. The summed E-state index contributed by atoms with van der Waals surface area (Å²) in [6.07, 6.45) is 3.00. The predicted octanol–water partition coefficient (Wildman–Crippen LogP) is 3.94. The number of benzene rings is 2. The minimum Gasteiger partial charge on any atom is -0.497 e. The largest absolute Gasteiger partial charge is 0.497 e. The summed E-state index contributed by atoms with van der Waals surface area (Å²) in [6, 6.07) is 15.6. The number of nitrogens with one attached hydrogen (secondary N) is 2. The van der Waals surface area contributed by atoms with E-state index in [0.717, 1.165) is 39.2 Å². The normalized spacial score (nSPS) is 10.6. The van der Waals surface area contributed by atoms with Crippen molar-refractivity contribution in [3.05, 3.63) is 60.3 Å². The standard InChI is InChI=1S/C22H25N3O3S/c1-27-18-8-3-16(4-9-18)5-12-21(26)23-13-14-29-22-24-15-20(25-22)17-6-10-19(28-2)11-7-17/h3-4,6-11,15H,5,12-14H2,1-2H3,(H,23,26)(H,24,25). The number of nitrogens with zero attached hydrogens (tertiary/aromatic N) is 1. The van der Waals surface area contributed by atoms with Gasteiger partial charge in [0.1, 0.15) is 11.5 Å². The topological polar surface area (TPSA) is 76.2 Å². The van der Waals surface area contributed by atoms with E-state index >= 15 is 0 Å². The number of amides is 1. The minimum atomic E-state index is 0.0554. The van der Waals surface area contributed by atoms with E-state index in [1.807, 2.05) is 54.7 Å². The number of imidazole rings is 1. The van der Waals surface area contributed by atoms with Gasteiger partial charge in [0.25, 0.3) is 0 Å². The smallest absolute Gasteiger partial charge is 0.220 e. The van der Waals surface area contributed by atoms with Gasteiger partial charge in [-0.05, 0) is 53.9 Å². The van der Waals surface area contributed by atoms with Crippen molar-refractivity contribution < 1.29 is 14.3 Å². The Morgan fingerprint density at radius 3 is 2.34 bits per heavy atom. The molecule has 1 heterocycles. The Labute approximate surface area is 175 Å². The first-order chi connectivity index (χ1) is 14.2. The zero-order valence-electron chi connectivity index (χ0n) is 16.6. The van der Waals surface area contributed by atoms with Crippen LogP contribution in [0.3, 0.4) is 0 Å². The van der Waals surface area contributed by atoms with Crippen molar-refractivity contribution in [2.45, 2.75) is 18.0 Å². The molecule has 3 aromatic rings. The Hall–Kier alpha value is -2.93. The van der Waals surface area contributed by atoms with E-state index in [1.54, 1.807) is 26.0 Å². The highest BCUT2D eigenvalue weighted by Gasteiger charge is 2.06. The lowest BCUT2D eigenvalue weighted by molar-refractivity contribution is -0.120. The maximum atomic E-state index is 12.0. The molecule has 0 bridgehead atoms. The van der Waals surface area contributed by atoms with Crippen LogP contribution < -0.4 is 14.8 Å². The highest BCUT2D eigenvalue weighted by Crippen LogP contribution is 2.23. The molecule has 2 N–H and O–H groups in total. The van der Waals surface area contributed by atoms with Crippen molar-refractivity contribution in [3.63, 3.8) is 0 Å². The molecule has 0 saturated carbocycles. The minimum absolute atomic E-state index is 0.0554. The van der Waals surface area contributed by atoms with Gasteiger partial charge in [0.15, 0.2) is 5.16 Å². The lowest BCUT2D eigenvalue weighted by atomic mass is 10.1. The van der Waals surface area contributed by atoms with Crippen LogP contribution in [0.5, 0.6) is 11.5 Å².